The summed E-state index contributed by atoms with van der Waals surface area (Å²) in [6.07, 6.45) is 4.31. The van der Waals surface area contributed by atoms with E-state index in [2.05, 4.69) is 17.0 Å². The largest absolute Gasteiger partial charge is 0.492 e. The highest BCUT2D eigenvalue weighted by molar-refractivity contribution is 5.27. The molecule has 4 nitrogen and oxygen atoms in total. The molecule has 2 saturated heterocycles. The van der Waals surface area contributed by atoms with Crippen molar-refractivity contribution in [2.75, 3.05) is 32.8 Å². The number of nitrogens with zero attached hydrogens (tertiary/aromatic N) is 1. The Morgan fingerprint density at radius 3 is 2.50 bits per heavy atom. The summed E-state index contributed by atoms with van der Waals surface area (Å²) in [4.78, 5) is 2.47. The van der Waals surface area contributed by atoms with Crippen LogP contribution in [0.25, 0.3) is 0 Å². The molecule has 3 rings (SSSR count). The first-order chi connectivity index (χ1) is 9.83. The Bertz CT molecular complexity index is 409. The maximum atomic E-state index is 5.84. The van der Waals surface area contributed by atoms with Crippen molar-refractivity contribution in [1.82, 2.24) is 4.90 Å². The van der Waals surface area contributed by atoms with Gasteiger partial charge < -0.3 is 15.2 Å². The van der Waals surface area contributed by atoms with Crippen molar-refractivity contribution < 1.29 is 9.47 Å². The molecule has 2 bridgehead atoms. The molecule has 0 spiro atoms. The fourth-order valence-electron chi connectivity index (χ4n) is 3.09. The average molecular weight is 276 g/mol. The lowest BCUT2D eigenvalue weighted by molar-refractivity contribution is -0.0408. The number of fused-ring (bicyclic) bond motifs is 2. The van der Waals surface area contributed by atoms with E-state index >= 15 is 0 Å². The number of benzene rings is 1. The zero-order chi connectivity index (χ0) is 13.8. The second kappa shape index (κ2) is 6.57. The summed E-state index contributed by atoms with van der Waals surface area (Å²) in [5.74, 6) is 0.946. The maximum Gasteiger partial charge on any atom is 0.119 e. The number of nitrogens with two attached hydrogens (primary N) is 1. The van der Waals surface area contributed by atoms with Gasteiger partial charge in [0.15, 0.2) is 0 Å². The molecule has 2 aliphatic heterocycles. The summed E-state index contributed by atoms with van der Waals surface area (Å²) in [7, 11) is 0. The highest BCUT2D eigenvalue weighted by atomic mass is 16.5. The van der Waals surface area contributed by atoms with Crippen molar-refractivity contribution in [3.05, 3.63) is 29.8 Å². The molecule has 0 aromatic heterocycles. The quantitative estimate of drug-likeness (QED) is 0.854. The Morgan fingerprint density at radius 2 is 1.85 bits per heavy atom. The first-order valence-corrected chi connectivity index (χ1v) is 7.63. The van der Waals surface area contributed by atoms with E-state index in [-0.39, 0.29) is 0 Å². The maximum absolute atomic E-state index is 5.84. The summed E-state index contributed by atoms with van der Waals surface area (Å²) in [5.41, 5.74) is 6.81. The van der Waals surface area contributed by atoms with E-state index in [1.807, 2.05) is 12.1 Å². The summed E-state index contributed by atoms with van der Waals surface area (Å²) in [6.45, 7) is 4.56. The fraction of sp³-hybridized carbons (Fsp3) is 0.625. The van der Waals surface area contributed by atoms with Gasteiger partial charge in [0.1, 0.15) is 12.4 Å². The van der Waals surface area contributed by atoms with Crippen molar-refractivity contribution in [3.63, 3.8) is 0 Å². The molecule has 2 unspecified atom stereocenters. The van der Waals surface area contributed by atoms with Gasteiger partial charge in [-0.05, 0) is 43.5 Å². The van der Waals surface area contributed by atoms with Crippen LogP contribution in [0, 0.1) is 0 Å². The van der Waals surface area contributed by atoms with Gasteiger partial charge in [0, 0.05) is 19.6 Å². The van der Waals surface area contributed by atoms with E-state index in [0.29, 0.717) is 18.8 Å². The number of hydrogen-bond acceptors (Lipinski definition) is 4. The van der Waals surface area contributed by atoms with E-state index in [9.17, 15) is 0 Å². The van der Waals surface area contributed by atoms with E-state index < -0.39 is 0 Å². The smallest absolute Gasteiger partial charge is 0.119 e. The Balaban J connectivity index is 1.41. The highest BCUT2D eigenvalue weighted by Gasteiger charge is 2.33. The summed E-state index contributed by atoms with van der Waals surface area (Å²) in [6, 6.07) is 8.26. The fourth-order valence-corrected chi connectivity index (χ4v) is 3.09. The highest BCUT2D eigenvalue weighted by Crippen LogP contribution is 2.25. The SMILES string of the molecule is NCCc1ccc(OCCN2CC3CCC(C2)O3)cc1. The Labute approximate surface area is 120 Å². The van der Waals surface area contributed by atoms with Gasteiger partial charge in [-0.15, -0.1) is 0 Å². The van der Waals surface area contributed by atoms with Crippen molar-refractivity contribution in [1.29, 1.82) is 0 Å². The van der Waals surface area contributed by atoms with Crippen LogP contribution in [0.15, 0.2) is 24.3 Å². The first-order valence-electron chi connectivity index (χ1n) is 7.63. The van der Waals surface area contributed by atoms with Crippen LogP contribution in [0.2, 0.25) is 0 Å². The molecule has 2 aliphatic rings. The summed E-state index contributed by atoms with van der Waals surface area (Å²) >= 11 is 0. The van der Waals surface area contributed by atoms with E-state index in [4.69, 9.17) is 15.2 Å². The van der Waals surface area contributed by atoms with Gasteiger partial charge in [0.25, 0.3) is 0 Å². The lowest BCUT2D eigenvalue weighted by Gasteiger charge is -2.31. The van der Waals surface area contributed by atoms with Gasteiger partial charge in [-0.1, -0.05) is 12.1 Å². The van der Waals surface area contributed by atoms with Crippen LogP contribution in [0.4, 0.5) is 0 Å². The van der Waals surface area contributed by atoms with Crippen LogP contribution in [0.5, 0.6) is 5.75 Å². The second-order valence-corrected chi connectivity index (χ2v) is 5.75. The normalized spacial score (nSPS) is 25.9. The number of morpholine rings is 1. The third-order valence-electron chi connectivity index (χ3n) is 4.15. The predicted molar refractivity (Wildman–Crippen MR) is 79.0 cm³/mol. The van der Waals surface area contributed by atoms with Gasteiger partial charge >= 0.3 is 0 Å². The molecular formula is C16H24N2O2. The third kappa shape index (κ3) is 3.51. The molecule has 2 N–H and O–H groups in total. The molecule has 0 saturated carbocycles. The number of likely N-dealkylation sites (tertiary alicyclic amines) is 1. The summed E-state index contributed by atoms with van der Waals surface area (Å²) < 4.78 is 11.7. The van der Waals surface area contributed by atoms with Crippen LogP contribution in [0.3, 0.4) is 0 Å². The molecule has 2 atom stereocenters. The predicted octanol–water partition coefficient (Wildman–Crippen LogP) is 1.43. The molecule has 0 aliphatic carbocycles. The number of ether oxygens (including phenoxy) is 2. The molecule has 4 heteroatoms. The minimum absolute atomic E-state index is 0.462. The van der Waals surface area contributed by atoms with Crippen molar-refractivity contribution in [2.45, 2.75) is 31.5 Å². The molecule has 110 valence electrons. The topological polar surface area (TPSA) is 47.7 Å². The molecule has 0 amide bonds. The minimum Gasteiger partial charge on any atom is -0.492 e. The van der Waals surface area contributed by atoms with Crippen LogP contribution in [0.1, 0.15) is 18.4 Å². The molecular weight excluding hydrogens is 252 g/mol. The van der Waals surface area contributed by atoms with Crippen LogP contribution in [-0.4, -0.2) is 49.9 Å². The van der Waals surface area contributed by atoms with E-state index in [0.717, 1.165) is 38.4 Å². The van der Waals surface area contributed by atoms with Gasteiger partial charge in [-0.2, -0.15) is 0 Å². The molecule has 2 heterocycles. The van der Waals surface area contributed by atoms with Crippen molar-refractivity contribution in [3.8, 4) is 5.75 Å². The molecule has 1 aromatic rings. The second-order valence-electron chi connectivity index (χ2n) is 5.75. The lowest BCUT2D eigenvalue weighted by atomic mass is 10.1. The first kappa shape index (κ1) is 13.9. The van der Waals surface area contributed by atoms with E-state index in [1.165, 1.54) is 18.4 Å². The monoisotopic (exact) mass is 276 g/mol. The summed E-state index contributed by atoms with van der Waals surface area (Å²) in [5, 5.41) is 0. The molecule has 20 heavy (non-hydrogen) atoms. The van der Waals surface area contributed by atoms with Gasteiger partial charge in [0.05, 0.1) is 12.2 Å². The lowest BCUT2D eigenvalue weighted by Crippen LogP contribution is -2.44. The zero-order valence-electron chi connectivity index (χ0n) is 12.0. The Kier molecular flexibility index (Phi) is 4.55. The standard InChI is InChI=1S/C16H24N2O2/c17-8-7-13-1-3-14(4-2-13)19-10-9-18-11-15-5-6-16(12-18)20-15/h1-4,15-16H,5-12,17H2. The number of hydrogen-bond donors (Lipinski definition) is 1. The molecule has 2 fully saturated rings. The van der Waals surface area contributed by atoms with Gasteiger partial charge in [0.2, 0.25) is 0 Å². The van der Waals surface area contributed by atoms with Crippen LogP contribution in [-0.2, 0) is 11.2 Å². The zero-order valence-corrected chi connectivity index (χ0v) is 12.0. The van der Waals surface area contributed by atoms with Crippen molar-refractivity contribution in [2.24, 2.45) is 5.73 Å². The van der Waals surface area contributed by atoms with Crippen LogP contribution < -0.4 is 10.5 Å². The Hall–Kier alpha value is -1.10. The molecule has 0 radical (unpaired) electrons. The van der Waals surface area contributed by atoms with Gasteiger partial charge in [-0.25, -0.2) is 0 Å². The minimum atomic E-state index is 0.462. The van der Waals surface area contributed by atoms with Crippen LogP contribution >= 0.6 is 0 Å². The number of rotatable bonds is 6. The average Bonchev–Trinajstić information content (AvgIpc) is 2.80. The van der Waals surface area contributed by atoms with E-state index in [1.54, 1.807) is 0 Å². The van der Waals surface area contributed by atoms with Crippen molar-refractivity contribution >= 4 is 0 Å². The molecule has 1 aromatic carbocycles. The Morgan fingerprint density at radius 1 is 1.15 bits per heavy atom. The van der Waals surface area contributed by atoms with Gasteiger partial charge in [-0.3, -0.25) is 4.90 Å². The third-order valence-corrected chi connectivity index (χ3v) is 4.15.